The zero-order valence-electron chi connectivity index (χ0n) is 13.5. The maximum Gasteiger partial charge on any atom is 0.264 e. The summed E-state index contributed by atoms with van der Waals surface area (Å²) in [6.07, 6.45) is 4.91. The van der Waals surface area contributed by atoms with Crippen LogP contribution in [0.5, 0.6) is 0 Å². The van der Waals surface area contributed by atoms with Crippen LogP contribution in [0.4, 0.5) is 0 Å². The number of fused-ring (bicyclic) bond motifs is 1. The molecule has 0 aromatic heterocycles. The molecule has 5 nitrogen and oxygen atoms in total. The van der Waals surface area contributed by atoms with E-state index in [9.17, 15) is 13.2 Å². The minimum Gasteiger partial charge on any atom is -0.349 e. The molecule has 23 heavy (non-hydrogen) atoms. The van der Waals surface area contributed by atoms with E-state index in [-0.39, 0.29) is 23.5 Å². The zero-order chi connectivity index (χ0) is 16.7. The summed E-state index contributed by atoms with van der Waals surface area (Å²) >= 11 is 0. The topological polar surface area (TPSA) is 72.5 Å². The van der Waals surface area contributed by atoms with Crippen LogP contribution in [0.2, 0.25) is 0 Å². The van der Waals surface area contributed by atoms with Crippen LogP contribution in [0.1, 0.15) is 49.8 Å². The molecule has 126 valence electrons. The van der Waals surface area contributed by atoms with Crippen LogP contribution in [-0.4, -0.2) is 26.7 Å². The van der Waals surface area contributed by atoms with E-state index in [0.717, 1.165) is 25.5 Å². The van der Waals surface area contributed by atoms with Crippen molar-refractivity contribution in [1.82, 2.24) is 5.32 Å². The number of nitrogens with one attached hydrogen (secondary N) is 1. The Hall–Kier alpha value is -1.40. The Kier molecular flexibility index (Phi) is 4.23. The van der Waals surface area contributed by atoms with Gasteiger partial charge in [0.25, 0.3) is 10.1 Å². The van der Waals surface area contributed by atoms with Crippen molar-refractivity contribution in [2.45, 2.75) is 51.2 Å². The van der Waals surface area contributed by atoms with Gasteiger partial charge in [0.15, 0.2) is 0 Å². The first kappa shape index (κ1) is 16.5. The fourth-order valence-electron chi connectivity index (χ4n) is 4.20. The summed E-state index contributed by atoms with van der Waals surface area (Å²) in [4.78, 5) is 11.7. The highest BCUT2D eigenvalue weighted by molar-refractivity contribution is 7.86. The molecule has 1 fully saturated rings. The standard InChI is InChI=1S/C17H23NO4S/c1-12(19)18-16-15-6-4-3-5-13(15)11-17(16)9-7-14(8-10-17)22-23(2,20)21/h3-6,14,16H,7-11H2,1-2H3,(H,18,19). The lowest BCUT2D eigenvalue weighted by atomic mass is 9.68. The monoisotopic (exact) mass is 337 g/mol. The average molecular weight is 337 g/mol. The largest absolute Gasteiger partial charge is 0.349 e. The van der Waals surface area contributed by atoms with Crippen LogP contribution in [0, 0.1) is 5.41 Å². The molecule has 6 heteroatoms. The zero-order valence-corrected chi connectivity index (χ0v) is 14.4. The van der Waals surface area contributed by atoms with Gasteiger partial charge in [-0.1, -0.05) is 24.3 Å². The average Bonchev–Trinajstić information content (AvgIpc) is 2.74. The molecule has 1 spiro atoms. The number of hydrogen-bond donors (Lipinski definition) is 1. The van der Waals surface area contributed by atoms with Crippen molar-refractivity contribution in [1.29, 1.82) is 0 Å². The van der Waals surface area contributed by atoms with Crippen LogP contribution in [-0.2, 0) is 25.5 Å². The van der Waals surface area contributed by atoms with Crippen molar-refractivity contribution in [3.05, 3.63) is 35.4 Å². The second kappa shape index (κ2) is 5.91. The van der Waals surface area contributed by atoms with Gasteiger partial charge in [-0.15, -0.1) is 0 Å². The summed E-state index contributed by atoms with van der Waals surface area (Å²) in [5.74, 6) is -0.0272. The van der Waals surface area contributed by atoms with Crippen LogP contribution in [0.15, 0.2) is 24.3 Å². The molecule has 2 aliphatic rings. The third kappa shape index (κ3) is 3.43. The molecule has 1 N–H and O–H groups in total. The van der Waals surface area contributed by atoms with Gasteiger partial charge in [0.05, 0.1) is 18.4 Å². The number of benzene rings is 1. The summed E-state index contributed by atoms with van der Waals surface area (Å²) in [5.41, 5.74) is 2.46. The number of rotatable bonds is 3. The molecule has 0 bridgehead atoms. The summed E-state index contributed by atoms with van der Waals surface area (Å²) in [7, 11) is -3.41. The van der Waals surface area contributed by atoms with Crippen LogP contribution in [0.3, 0.4) is 0 Å². The highest BCUT2D eigenvalue weighted by Gasteiger charge is 2.48. The Bertz CT molecular complexity index is 705. The molecule has 1 saturated carbocycles. The van der Waals surface area contributed by atoms with E-state index < -0.39 is 10.1 Å². The second-order valence-electron chi connectivity index (χ2n) is 6.87. The summed E-state index contributed by atoms with van der Waals surface area (Å²) in [6.45, 7) is 1.55. The minimum atomic E-state index is -3.41. The Morgan fingerprint density at radius 2 is 1.91 bits per heavy atom. The molecule has 1 aromatic rings. The molecule has 1 unspecified atom stereocenters. The van der Waals surface area contributed by atoms with E-state index in [2.05, 4.69) is 17.4 Å². The molecule has 0 radical (unpaired) electrons. The summed E-state index contributed by atoms with van der Waals surface area (Å²) < 4.78 is 27.8. The van der Waals surface area contributed by atoms with E-state index in [4.69, 9.17) is 4.18 Å². The molecule has 2 aliphatic carbocycles. The molecule has 0 saturated heterocycles. The molecule has 1 aromatic carbocycles. The Morgan fingerprint density at radius 3 is 2.52 bits per heavy atom. The van der Waals surface area contributed by atoms with E-state index >= 15 is 0 Å². The first-order valence-corrected chi connectivity index (χ1v) is 9.84. The van der Waals surface area contributed by atoms with Gasteiger partial charge >= 0.3 is 0 Å². The van der Waals surface area contributed by atoms with Crippen molar-refractivity contribution in [2.75, 3.05) is 6.26 Å². The summed E-state index contributed by atoms with van der Waals surface area (Å²) in [6, 6.07) is 8.25. The SMILES string of the molecule is CC(=O)NC1c2ccccc2CC12CCC(OS(C)(=O)=O)CC2. The van der Waals surface area contributed by atoms with Crippen molar-refractivity contribution >= 4 is 16.0 Å². The molecule has 1 atom stereocenters. The number of carbonyl (C=O) groups is 1. The molecular formula is C17H23NO4S. The van der Waals surface area contributed by atoms with Gasteiger partial charge < -0.3 is 5.32 Å². The predicted octanol–water partition coefficient (Wildman–Crippen LogP) is 2.33. The normalized spacial score (nSPS) is 30.2. The van der Waals surface area contributed by atoms with Crippen molar-refractivity contribution in [3.63, 3.8) is 0 Å². The van der Waals surface area contributed by atoms with Gasteiger partial charge in [0, 0.05) is 6.92 Å². The second-order valence-corrected chi connectivity index (χ2v) is 8.47. The molecule has 0 aliphatic heterocycles. The third-order valence-electron chi connectivity index (χ3n) is 5.11. The third-order valence-corrected chi connectivity index (χ3v) is 5.73. The van der Waals surface area contributed by atoms with Gasteiger partial charge in [-0.3, -0.25) is 8.98 Å². The van der Waals surface area contributed by atoms with Crippen LogP contribution >= 0.6 is 0 Å². The van der Waals surface area contributed by atoms with Crippen molar-refractivity contribution < 1.29 is 17.4 Å². The van der Waals surface area contributed by atoms with Gasteiger partial charge in [-0.05, 0) is 48.6 Å². The minimum absolute atomic E-state index is 0.00961. The van der Waals surface area contributed by atoms with Gasteiger partial charge in [-0.2, -0.15) is 8.42 Å². The van der Waals surface area contributed by atoms with E-state index in [1.165, 1.54) is 11.1 Å². The van der Waals surface area contributed by atoms with Crippen molar-refractivity contribution in [2.24, 2.45) is 5.41 Å². The highest BCUT2D eigenvalue weighted by atomic mass is 32.2. The first-order valence-electron chi connectivity index (χ1n) is 8.02. The van der Waals surface area contributed by atoms with Crippen LogP contribution < -0.4 is 5.32 Å². The van der Waals surface area contributed by atoms with E-state index in [1.54, 1.807) is 6.92 Å². The van der Waals surface area contributed by atoms with Gasteiger partial charge in [0.1, 0.15) is 0 Å². The van der Waals surface area contributed by atoms with Crippen molar-refractivity contribution in [3.8, 4) is 0 Å². The number of amides is 1. The fourth-order valence-corrected chi connectivity index (χ4v) is 4.88. The maximum atomic E-state index is 11.7. The quantitative estimate of drug-likeness (QED) is 0.859. The molecular weight excluding hydrogens is 314 g/mol. The lowest BCUT2D eigenvalue weighted by molar-refractivity contribution is -0.120. The van der Waals surface area contributed by atoms with E-state index in [0.29, 0.717) is 12.8 Å². The lowest BCUT2D eigenvalue weighted by Crippen LogP contribution is -2.41. The predicted molar refractivity (Wildman–Crippen MR) is 87.3 cm³/mol. The highest BCUT2D eigenvalue weighted by Crippen LogP contribution is 2.54. The fraction of sp³-hybridized carbons (Fsp3) is 0.588. The maximum absolute atomic E-state index is 11.7. The summed E-state index contributed by atoms with van der Waals surface area (Å²) in [5, 5.41) is 3.12. The van der Waals surface area contributed by atoms with Crippen LogP contribution in [0.25, 0.3) is 0 Å². The number of hydrogen-bond acceptors (Lipinski definition) is 4. The first-order chi connectivity index (χ1) is 10.8. The molecule has 3 rings (SSSR count). The van der Waals surface area contributed by atoms with Gasteiger partial charge in [-0.25, -0.2) is 0 Å². The molecule has 0 heterocycles. The Balaban J connectivity index is 1.81. The Morgan fingerprint density at radius 1 is 1.26 bits per heavy atom. The van der Waals surface area contributed by atoms with E-state index in [1.807, 2.05) is 12.1 Å². The lowest BCUT2D eigenvalue weighted by Gasteiger charge is -2.41. The van der Waals surface area contributed by atoms with Gasteiger partial charge in [0.2, 0.25) is 5.91 Å². The Labute approximate surface area is 137 Å². The molecule has 1 amide bonds. The number of carbonyl (C=O) groups excluding carboxylic acids is 1. The smallest absolute Gasteiger partial charge is 0.264 e.